The highest BCUT2D eigenvalue weighted by atomic mass is 35.5. The third-order valence-corrected chi connectivity index (χ3v) is 6.46. The summed E-state index contributed by atoms with van der Waals surface area (Å²) in [5, 5.41) is 7.97. The van der Waals surface area contributed by atoms with Crippen LogP contribution in [0.3, 0.4) is 0 Å². The molecule has 0 spiro atoms. The molecule has 0 atom stereocenters. The Hall–Kier alpha value is -1.68. The lowest BCUT2D eigenvalue weighted by Crippen LogP contribution is -2.41. The van der Waals surface area contributed by atoms with E-state index in [0.29, 0.717) is 42.5 Å². The molecule has 1 fully saturated rings. The van der Waals surface area contributed by atoms with Crippen molar-refractivity contribution in [2.24, 2.45) is 5.92 Å². The number of hydrogen-bond donors (Lipinski definition) is 1. The molecule has 2 heterocycles. The molecule has 11 heteroatoms. The fourth-order valence-electron chi connectivity index (χ4n) is 2.94. The number of carbonyl (C=O) groups excluding carboxylic acids is 1. The van der Waals surface area contributed by atoms with Crippen molar-refractivity contribution < 1.29 is 13.2 Å². The van der Waals surface area contributed by atoms with Gasteiger partial charge in [-0.15, -0.1) is 5.10 Å². The molecule has 8 nitrogen and oxygen atoms in total. The lowest BCUT2D eigenvalue weighted by atomic mass is 9.97. The Morgan fingerprint density at radius 2 is 1.89 bits per heavy atom. The van der Waals surface area contributed by atoms with Gasteiger partial charge in [0.05, 0.1) is 12.8 Å². The molecule has 1 aromatic heterocycles. The van der Waals surface area contributed by atoms with Crippen LogP contribution >= 0.6 is 23.2 Å². The maximum absolute atomic E-state index is 12.4. The second-order valence-corrected chi connectivity index (χ2v) is 9.19. The number of carbonyl (C=O) groups is 1. The molecule has 0 aliphatic carbocycles. The van der Waals surface area contributed by atoms with E-state index in [9.17, 15) is 13.2 Å². The van der Waals surface area contributed by atoms with E-state index < -0.39 is 10.0 Å². The van der Waals surface area contributed by atoms with Crippen molar-refractivity contribution in [2.45, 2.75) is 19.4 Å². The monoisotopic (exact) mass is 431 g/mol. The Morgan fingerprint density at radius 3 is 2.48 bits per heavy atom. The highest BCUT2D eigenvalue weighted by Gasteiger charge is 2.29. The number of rotatable bonds is 5. The average molecular weight is 432 g/mol. The molecule has 0 bridgehead atoms. The third kappa shape index (κ3) is 4.98. The molecule has 1 aliphatic heterocycles. The van der Waals surface area contributed by atoms with Crippen LogP contribution in [0.2, 0.25) is 10.0 Å². The number of piperidine rings is 1. The maximum atomic E-state index is 12.4. The zero-order valence-corrected chi connectivity index (χ0v) is 16.9. The van der Waals surface area contributed by atoms with Crippen LogP contribution in [-0.4, -0.2) is 52.7 Å². The Balaban J connectivity index is 1.59. The molecular formula is C16H19Cl2N5O3S. The normalized spacial score (nSPS) is 16.4. The molecule has 1 saturated heterocycles. The molecule has 1 amide bonds. The van der Waals surface area contributed by atoms with Crippen molar-refractivity contribution >= 4 is 45.1 Å². The highest BCUT2D eigenvalue weighted by molar-refractivity contribution is 7.88. The Bertz CT molecular complexity index is 919. The zero-order chi connectivity index (χ0) is 19.6. The zero-order valence-electron chi connectivity index (χ0n) is 14.6. The van der Waals surface area contributed by atoms with Gasteiger partial charge in [0.25, 0.3) is 0 Å². The molecule has 1 N–H and O–H groups in total. The minimum absolute atomic E-state index is 0.189. The summed E-state index contributed by atoms with van der Waals surface area (Å²) in [4.78, 5) is 16.5. The van der Waals surface area contributed by atoms with E-state index in [1.807, 2.05) is 0 Å². The summed E-state index contributed by atoms with van der Waals surface area (Å²) in [7, 11) is -3.22. The number of nitrogens with zero attached hydrogens (tertiary/aromatic N) is 4. The molecule has 1 aromatic carbocycles. The molecule has 146 valence electrons. The average Bonchev–Trinajstić information content (AvgIpc) is 3.05. The molecule has 0 unspecified atom stereocenters. The van der Waals surface area contributed by atoms with Gasteiger partial charge in [0.15, 0.2) is 0 Å². The number of aromatic nitrogens is 3. The van der Waals surface area contributed by atoms with Crippen LogP contribution in [0.25, 0.3) is 0 Å². The fraction of sp³-hybridized carbons (Fsp3) is 0.438. The summed E-state index contributed by atoms with van der Waals surface area (Å²) in [5.74, 6) is -0.293. The summed E-state index contributed by atoms with van der Waals surface area (Å²) in [6.45, 7) is 1.00. The van der Waals surface area contributed by atoms with Gasteiger partial charge in [0, 0.05) is 34.6 Å². The van der Waals surface area contributed by atoms with Crippen molar-refractivity contribution in [3.63, 3.8) is 0 Å². The van der Waals surface area contributed by atoms with Crippen molar-refractivity contribution in [3.05, 3.63) is 40.1 Å². The molecule has 27 heavy (non-hydrogen) atoms. The molecule has 2 aromatic rings. The van der Waals surface area contributed by atoms with Crippen LogP contribution in [0.4, 0.5) is 5.95 Å². The van der Waals surface area contributed by atoms with Gasteiger partial charge in [0.2, 0.25) is 21.9 Å². The van der Waals surface area contributed by atoms with Gasteiger partial charge in [0.1, 0.15) is 6.33 Å². The number of nitrogens with one attached hydrogen (secondary N) is 1. The SMILES string of the molecule is CS(=O)(=O)N1CCC(C(=O)Nc2ncn(Cc3c(Cl)cccc3Cl)n2)CC1. The number of anilines is 1. The molecule has 0 radical (unpaired) electrons. The van der Waals surface area contributed by atoms with Gasteiger partial charge in [-0.1, -0.05) is 29.3 Å². The van der Waals surface area contributed by atoms with E-state index in [2.05, 4.69) is 15.4 Å². The van der Waals surface area contributed by atoms with Crippen molar-refractivity contribution in [2.75, 3.05) is 24.7 Å². The first-order valence-electron chi connectivity index (χ1n) is 8.32. The van der Waals surface area contributed by atoms with Crippen molar-refractivity contribution in [3.8, 4) is 0 Å². The topological polar surface area (TPSA) is 97.2 Å². The molecular weight excluding hydrogens is 413 g/mol. The van der Waals surface area contributed by atoms with Crippen LogP contribution in [0, 0.1) is 5.92 Å². The van der Waals surface area contributed by atoms with Crippen LogP contribution in [-0.2, 0) is 21.4 Å². The summed E-state index contributed by atoms with van der Waals surface area (Å²) in [5.41, 5.74) is 0.719. The molecule has 3 rings (SSSR count). The van der Waals surface area contributed by atoms with E-state index in [4.69, 9.17) is 23.2 Å². The van der Waals surface area contributed by atoms with Gasteiger partial charge in [-0.25, -0.2) is 22.4 Å². The first kappa shape index (κ1) is 20.1. The number of amides is 1. The minimum atomic E-state index is -3.22. The second-order valence-electron chi connectivity index (χ2n) is 6.39. The standard InChI is InChI=1S/C16H19Cl2N5O3S/c1-27(25,26)23-7-5-11(6-8-23)15(24)20-16-19-10-22(21-16)9-12-13(17)3-2-4-14(12)18/h2-4,10-11H,5-9H2,1H3,(H,20,21,24). The van der Waals surface area contributed by atoms with Crippen LogP contribution in [0.5, 0.6) is 0 Å². The Labute approximate surface area is 167 Å². The number of sulfonamides is 1. The largest absolute Gasteiger partial charge is 0.293 e. The van der Waals surface area contributed by atoms with E-state index in [1.165, 1.54) is 21.6 Å². The van der Waals surface area contributed by atoms with Crippen molar-refractivity contribution in [1.82, 2.24) is 19.1 Å². The van der Waals surface area contributed by atoms with Crippen LogP contribution in [0.15, 0.2) is 24.5 Å². The lowest BCUT2D eigenvalue weighted by molar-refractivity contribution is -0.121. The minimum Gasteiger partial charge on any atom is -0.293 e. The summed E-state index contributed by atoms with van der Waals surface area (Å²) in [6.07, 6.45) is 3.60. The van der Waals surface area contributed by atoms with E-state index in [1.54, 1.807) is 18.2 Å². The van der Waals surface area contributed by atoms with E-state index in [-0.39, 0.29) is 17.8 Å². The fourth-order valence-corrected chi connectivity index (χ4v) is 4.33. The Kier molecular flexibility index (Phi) is 6.05. The third-order valence-electron chi connectivity index (χ3n) is 4.45. The molecule has 1 aliphatic rings. The first-order valence-corrected chi connectivity index (χ1v) is 10.9. The quantitative estimate of drug-likeness (QED) is 0.782. The molecule has 0 saturated carbocycles. The predicted molar refractivity (Wildman–Crippen MR) is 103 cm³/mol. The first-order chi connectivity index (χ1) is 12.7. The van der Waals surface area contributed by atoms with Gasteiger partial charge in [-0.3, -0.25) is 10.1 Å². The van der Waals surface area contributed by atoms with Gasteiger partial charge in [-0.05, 0) is 25.0 Å². The second kappa shape index (κ2) is 8.14. The maximum Gasteiger partial charge on any atom is 0.248 e. The predicted octanol–water partition coefficient (Wildman–Crippen LogP) is 2.24. The van der Waals surface area contributed by atoms with Gasteiger partial charge < -0.3 is 0 Å². The van der Waals surface area contributed by atoms with E-state index in [0.717, 1.165) is 5.56 Å². The Morgan fingerprint density at radius 1 is 1.26 bits per heavy atom. The number of halogens is 2. The van der Waals surface area contributed by atoms with Gasteiger partial charge >= 0.3 is 0 Å². The number of benzene rings is 1. The van der Waals surface area contributed by atoms with Crippen LogP contribution < -0.4 is 5.32 Å². The summed E-state index contributed by atoms with van der Waals surface area (Å²) >= 11 is 12.3. The highest BCUT2D eigenvalue weighted by Crippen LogP contribution is 2.25. The summed E-state index contributed by atoms with van der Waals surface area (Å²) in [6, 6.07) is 5.24. The van der Waals surface area contributed by atoms with Crippen LogP contribution in [0.1, 0.15) is 18.4 Å². The number of hydrogen-bond acceptors (Lipinski definition) is 5. The smallest absolute Gasteiger partial charge is 0.248 e. The van der Waals surface area contributed by atoms with Gasteiger partial charge in [-0.2, -0.15) is 0 Å². The lowest BCUT2D eigenvalue weighted by Gasteiger charge is -2.29. The van der Waals surface area contributed by atoms with E-state index >= 15 is 0 Å². The van der Waals surface area contributed by atoms with Crippen molar-refractivity contribution in [1.29, 1.82) is 0 Å². The summed E-state index contributed by atoms with van der Waals surface area (Å²) < 4.78 is 26.0.